The summed E-state index contributed by atoms with van der Waals surface area (Å²) >= 11 is 0. The van der Waals surface area contributed by atoms with Gasteiger partial charge in [0.2, 0.25) is 9.84 Å². The molecule has 0 bridgehead atoms. The van der Waals surface area contributed by atoms with E-state index in [0.29, 0.717) is 4.90 Å². The van der Waals surface area contributed by atoms with E-state index in [1.807, 2.05) is 6.07 Å². The van der Waals surface area contributed by atoms with E-state index in [9.17, 15) is 8.42 Å². The lowest BCUT2D eigenvalue weighted by Gasteiger charge is -1.97. The van der Waals surface area contributed by atoms with Crippen LogP contribution in [-0.2, 0) is 9.84 Å². The van der Waals surface area contributed by atoms with Gasteiger partial charge in [0.1, 0.15) is 0 Å². The lowest BCUT2D eigenvalue weighted by molar-refractivity contribution is 0.604. The molecule has 0 spiro atoms. The van der Waals surface area contributed by atoms with Gasteiger partial charge in [0, 0.05) is 0 Å². The molecule has 0 atom stereocenters. The van der Waals surface area contributed by atoms with Gasteiger partial charge < -0.3 is 0 Å². The first-order valence-electron chi connectivity index (χ1n) is 3.84. The molecule has 0 unspecified atom stereocenters. The molecule has 0 aliphatic carbocycles. The van der Waals surface area contributed by atoms with Crippen LogP contribution in [0.2, 0.25) is 0 Å². The second kappa shape index (κ2) is 2.57. The van der Waals surface area contributed by atoms with Gasteiger partial charge >= 0.3 is 0 Å². The van der Waals surface area contributed by atoms with Crippen LogP contribution in [0.1, 0.15) is 5.56 Å². The Morgan fingerprint density at radius 1 is 1.23 bits per heavy atom. The van der Waals surface area contributed by atoms with Crippen LogP contribution in [0, 0.1) is 0 Å². The van der Waals surface area contributed by atoms with Crippen LogP contribution in [0.15, 0.2) is 46.7 Å². The predicted octanol–water partition coefficient (Wildman–Crippen LogP) is 2.00. The Bertz CT molecular complexity index is 495. The van der Waals surface area contributed by atoms with Crippen LogP contribution < -0.4 is 0 Å². The van der Waals surface area contributed by atoms with Gasteiger partial charge in [-0.15, -0.1) is 0 Å². The van der Waals surface area contributed by atoms with Crippen molar-refractivity contribution in [2.75, 3.05) is 0 Å². The van der Waals surface area contributed by atoms with Crippen molar-refractivity contribution in [3.63, 3.8) is 0 Å². The lowest BCUT2D eigenvalue weighted by Crippen LogP contribution is -1.97. The topological polar surface area (TPSA) is 34.1 Å². The molecule has 0 radical (unpaired) electrons. The number of benzene rings is 1. The predicted molar refractivity (Wildman–Crippen MR) is 51.8 cm³/mol. The van der Waals surface area contributed by atoms with Crippen LogP contribution in [0.4, 0.5) is 0 Å². The molecule has 1 aliphatic rings. The molecule has 0 N–H and O–H groups in total. The number of sulfone groups is 1. The number of fused-ring (bicyclic) bond motifs is 1. The molecule has 1 aromatic rings. The first-order chi connectivity index (χ1) is 6.16. The highest BCUT2D eigenvalue weighted by Crippen LogP contribution is 2.32. The molecule has 0 saturated carbocycles. The van der Waals surface area contributed by atoms with Crippen molar-refractivity contribution in [1.29, 1.82) is 0 Å². The minimum Gasteiger partial charge on any atom is -0.218 e. The Hall–Kier alpha value is -1.35. The zero-order chi connectivity index (χ0) is 9.47. The SMILES string of the molecule is C=CC1=Cc2ccccc2S1(=O)=O. The molecular weight excluding hydrogens is 184 g/mol. The fourth-order valence-electron chi connectivity index (χ4n) is 1.37. The summed E-state index contributed by atoms with van der Waals surface area (Å²) in [6.07, 6.45) is 3.01. The van der Waals surface area contributed by atoms with Crippen molar-refractivity contribution in [2.45, 2.75) is 4.90 Å². The Balaban J connectivity index is 2.79. The number of rotatable bonds is 1. The number of hydrogen-bond donors (Lipinski definition) is 0. The molecule has 0 saturated heterocycles. The molecule has 13 heavy (non-hydrogen) atoms. The standard InChI is InChI=1S/C10H8O2S/c1-2-9-7-8-5-3-4-6-10(8)13(9,11)12/h2-7H,1H2. The Morgan fingerprint density at radius 3 is 2.54 bits per heavy atom. The monoisotopic (exact) mass is 192 g/mol. The summed E-state index contributed by atoms with van der Waals surface area (Å²) in [5.41, 5.74) is 0.748. The van der Waals surface area contributed by atoms with Crippen molar-refractivity contribution < 1.29 is 8.42 Å². The smallest absolute Gasteiger partial charge is 0.207 e. The van der Waals surface area contributed by atoms with E-state index in [0.717, 1.165) is 5.56 Å². The van der Waals surface area contributed by atoms with Gasteiger partial charge in [0.05, 0.1) is 9.80 Å². The molecule has 0 aromatic heterocycles. The third kappa shape index (κ3) is 1.04. The maximum atomic E-state index is 11.7. The summed E-state index contributed by atoms with van der Waals surface area (Å²) in [6.45, 7) is 3.47. The van der Waals surface area contributed by atoms with Crippen LogP contribution in [-0.4, -0.2) is 8.42 Å². The highest BCUT2D eigenvalue weighted by molar-refractivity contribution is 7.96. The van der Waals surface area contributed by atoms with Crippen LogP contribution in [0.3, 0.4) is 0 Å². The average molecular weight is 192 g/mol. The maximum absolute atomic E-state index is 11.7. The summed E-state index contributed by atoms with van der Waals surface area (Å²) in [5, 5.41) is 0. The summed E-state index contributed by atoms with van der Waals surface area (Å²) in [6, 6.07) is 6.92. The Morgan fingerprint density at radius 2 is 1.92 bits per heavy atom. The molecule has 1 aliphatic heterocycles. The average Bonchev–Trinajstić information content (AvgIpc) is 2.39. The Kier molecular flexibility index (Phi) is 1.63. The largest absolute Gasteiger partial charge is 0.218 e. The van der Waals surface area contributed by atoms with Gasteiger partial charge in [-0.2, -0.15) is 0 Å². The molecule has 3 heteroatoms. The highest BCUT2D eigenvalue weighted by atomic mass is 32.2. The third-order valence-electron chi connectivity index (χ3n) is 2.02. The summed E-state index contributed by atoms with van der Waals surface area (Å²) in [7, 11) is -3.25. The molecule has 0 amide bonds. The number of hydrogen-bond acceptors (Lipinski definition) is 2. The van der Waals surface area contributed by atoms with Gasteiger partial charge in [0.15, 0.2) is 0 Å². The maximum Gasteiger partial charge on any atom is 0.207 e. The van der Waals surface area contributed by atoms with Gasteiger partial charge in [-0.1, -0.05) is 30.9 Å². The van der Waals surface area contributed by atoms with Crippen molar-refractivity contribution in [1.82, 2.24) is 0 Å². The van der Waals surface area contributed by atoms with Crippen molar-refractivity contribution in [3.8, 4) is 0 Å². The molecule has 2 nitrogen and oxygen atoms in total. The van der Waals surface area contributed by atoms with Crippen LogP contribution >= 0.6 is 0 Å². The molecule has 2 rings (SSSR count). The minimum atomic E-state index is -3.25. The van der Waals surface area contributed by atoms with Crippen molar-refractivity contribution >= 4 is 15.9 Å². The quantitative estimate of drug-likeness (QED) is 0.682. The normalized spacial score (nSPS) is 17.7. The Labute approximate surface area is 77.1 Å². The fourth-order valence-corrected chi connectivity index (χ4v) is 2.82. The molecular formula is C10H8O2S. The summed E-state index contributed by atoms with van der Waals surface area (Å²) in [5.74, 6) is 0. The zero-order valence-electron chi connectivity index (χ0n) is 6.90. The highest BCUT2D eigenvalue weighted by Gasteiger charge is 2.26. The zero-order valence-corrected chi connectivity index (χ0v) is 7.71. The van der Waals surface area contributed by atoms with Gasteiger partial charge in [-0.25, -0.2) is 8.42 Å². The van der Waals surface area contributed by atoms with E-state index < -0.39 is 9.84 Å². The molecule has 1 aromatic carbocycles. The number of allylic oxidation sites excluding steroid dienone is 1. The van der Waals surface area contributed by atoms with E-state index in [2.05, 4.69) is 6.58 Å². The lowest BCUT2D eigenvalue weighted by atomic mass is 10.2. The fraction of sp³-hybridized carbons (Fsp3) is 0. The first-order valence-corrected chi connectivity index (χ1v) is 5.33. The summed E-state index contributed by atoms with van der Waals surface area (Å²) in [4.78, 5) is 0.665. The van der Waals surface area contributed by atoms with Gasteiger partial charge in [-0.3, -0.25) is 0 Å². The van der Waals surface area contributed by atoms with E-state index in [1.54, 1.807) is 24.3 Å². The van der Waals surface area contributed by atoms with Gasteiger partial charge in [0.25, 0.3) is 0 Å². The van der Waals surface area contributed by atoms with Crippen LogP contribution in [0.25, 0.3) is 6.08 Å². The van der Waals surface area contributed by atoms with E-state index in [1.165, 1.54) is 6.08 Å². The second-order valence-corrected chi connectivity index (χ2v) is 4.71. The summed E-state index contributed by atoms with van der Waals surface area (Å²) < 4.78 is 23.4. The second-order valence-electron chi connectivity index (χ2n) is 2.79. The van der Waals surface area contributed by atoms with Gasteiger partial charge in [-0.05, 0) is 17.7 Å². The van der Waals surface area contributed by atoms with E-state index in [-0.39, 0.29) is 4.91 Å². The first kappa shape index (κ1) is 8.26. The minimum absolute atomic E-state index is 0.286. The van der Waals surface area contributed by atoms with Crippen molar-refractivity contribution in [3.05, 3.63) is 47.4 Å². The van der Waals surface area contributed by atoms with E-state index in [4.69, 9.17) is 0 Å². The third-order valence-corrected chi connectivity index (χ3v) is 3.87. The molecule has 66 valence electrons. The van der Waals surface area contributed by atoms with Crippen LogP contribution in [0.5, 0.6) is 0 Å². The molecule has 1 heterocycles. The van der Waals surface area contributed by atoms with Crippen molar-refractivity contribution in [2.24, 2.45) is 0 Å². The van der Waals surface area contributed by atoms with E-state index >= 15 is 0 Å². The molecule has 0 fully saturated rings.